The largest absolute Gasteiger partial charge is 0.375 e. The second kappa shape index (κ2) is 3.73. The Balaban J connectivity index is 1.61. The predicted molar refractivity (Wildman–Crippen MR) is 45.9 cm³/mol. The SMILES string of the molecule is NCC1CCC(OCC2CO2)C1. The molecule has 1 saturated heterocycles. The molecule has 2 rings (SSSR count). The van der Waals surface area contributed by atoms with Gasteiger partial charge >= 0.3 is 0 Å². The van der Waals surface area contributed by atoms with E-state index in [-0.39, 0.29) is 0 Å². The first-order valence-corrected chi connectivity index (χ1v) is 4.81. The van der Waals surface area contributed by atoms with Gasteiger partial charge in [0.15, 0.2) is 0 Å². The van der Waals surface area contributed by atoms with Crippen LogP contribution in [0.2, 0.25) is 0 Å². The second-order valence-electron chi connectivity index (χ2n) is 3.83. The summed E-state index contributed by atoms with van der Waals surface area (Å²) in [6.07, 6.45) is 4.45. The highest BCUT2D eigenvalue weighted by Crippen LogP contribution is 2.27. The highest BCUT2D eigenvalue weighted by molar-refractivity contribution is 4.78. The van der Waals surface area contributed by atoms with E-state index < -0.39 is 0 Å². The maximum Gasteiger partial charge on any atom is 0.104 e. The lowest BCUT2D eigenvalue weighted by molar-refractivity contribution is 0.0451. The number of epoxide rings is 1. The summed E-state index contributed by atoms with van der Waals surface area (Å²) in [6, 6.07) is 0. The summed E-state index contributed by atoms with van der Waals surface area (Å²) in [5.74, 6) is 0.704. The average Bonchev–Trinajstić information content (AvgIpc) is 2.81. The van der Waals surface area contributed by atoms with Crippen LogP contribution in [0.1, 0.15) is 19.3 Å². The Morgan fingerprint density at radius 1 is 1.42 bits per heavy atom. The maximum atomic E-state index is 5.68. The summed E-state index contributed by atoms with van der Waals surface area (Å²) >= 11 is 0. The highest BCUT2D eigenvalue weighted by atomic mass is 16.6. The summed E-state index contributed by atoms with van der Waals surface area (Å²) in [7, 11) is 0. The van der Waals surface area contributed by atoms with Gasteiger partial charge in [0.05, 0.1) is 19.3 Å². The molecular weight excluding hydrogens is 154 g/mol. The quantitative estimate of drug-likeness (QED) is 0.628. The molecule has 0 aromatic carbocycles. The van der Waals surface area contributed by atoms with Crippen LogP contribution in [0.4, 0.5) is 0 Å². The van der Waals surface area contributed by atoms with Crippen molar-refractivity contribution in [1.82, 2.24) is 0 Å². The third kappa shape index (κ3) is 2.19. The van der Waals surface area contributed by atoms with Crippen molar-refractivity contribution >= 4 is 0 Å². The predicted octanol–water partition coefficient (Wildman–Crippen LogP) is 0.529. The number of nitrogens with two attached hydrogens (primary N) is 1. The molecule has 12 heavy (non-hydrogen) atoms. The standard InChI is InChI=1S/C9H17NO2/c10-4-7-1-2-8(3-7)11-5-9-6-12-9/h7-9H,1-6,10H2. The first-order chi connectivity index (χ1) is 5.88. The molecule has 2 aliphatic rings. The van der Waals surface area contributed by atoms with Gasteiger partial charge in [-0.25, -0.2) is 0 Å². The summed E-state index contributed by atoms with van der Waals surface area (Å²) in [5, 5.41) is 0. The van der Waals surface area contributed by atoms with Crippen LogP contribution in [0.3, 0.4) is 0 Å². The number of rotatable bonds is 4. The highest BCUT2D eigenvalue weighted by Gasteiger charge is 2.28. The summed E-state index contributed by atoms with van der Waals surface area (Å²) in [4.78, 5) is 0. The molecule has 3 unspecified atom stereocenters. The van der Waals surface area contributed by atoms with Gasteiger partial charge in [-0.15, -0.1) is 0 Å². The maximum absolute atomic E-state index is 5.68. The van der Waals surface area contributed by atoms with E-state index in [0.29, 0.717) is 18.1 Å². The van der Waals surface area contributed by atoms with E-state index >= 15 is 0 Å². The van der Waals surface area contributed by atoms with Gasteiger partial charge in [-0.3, -0.25) is 0 Å². The lowest BCUT2D eigenvalue weighted by atomic mass is 10.1. The van der Waals surface area contributed by atoms with Crippen LogP contribution in [0.25, 0.3) is 0 Å². The van der Waals surface area contributed by atoms with Gasteiger partial charge in [-0.05, 0) is 31.7 Å². The fraction of sp³-hybridized carbons (Fsp3) is 1.00. The van der Waals surface area contributed by atoms with Crippen LogP contribution in [-0.2, 0) is 9.47 Å². The van der Waals surface area contributed by atoms with Crippen LogP contribution in [0.5, 0.6) is 0 Å². The Morgan fingerprint density at radius 2 is 2.25 bits per heavy atom. The fourth-order valence-electron chi connectivity index (χ4n) is 1.80. The van der Waals surface area contributed by atoms with E-state index in [9.17, 15) is 0 Å². The van der Waals surface area contributed by atoms with Crippen molar-refractivity contribution in [3.05, 3.63) is 0 Å². The molecular formula is C9H17NO2. The second-order valence-corrected chi connectivity index (χ2v) is 3.83. The van der Waals surface area contributed by atoms with E-state index in [2.05, 4.69) is 0 Å². The molecule has 0 radical (unpaired) electrons. The fourth-order valence-corrected chi connectivity index (χ4v) is 1.80. The minimum absolute atomic E-state index is 0.405. The van der Waals surface area contributed by atoms with Crippen LogP contribution in [0.15, 0.2) is 0 Å². The lowest BCUT2D eigenvalue weighted by Crippen LogP contribution is -2.15. The molecule has 2 N–H and O–H groups in total. The molecule has 0 aromatic heterocycles. The molecule has 1 aliphatic carbocycles. The molecule has 1 aliphatic heterocycles. The molecule has 0 spiro atoms. The van der Waals surface area contributed by atoms with E-state index in [1.807, 2.05) is 0 Å². The molecule has 0 aromatic rings. The van der Waals surface area contributed by atoms with Crippen LogP contribution in [-0.4, -0.2) is 32.0 Å². The molecule has 0 bridgehead atoms. The van der Waals surface area contributed by atoms with Crippen LogP contribution in [0, 0.1) is 5.92 Å². The molecule has 70 valence electrons. The van der Waals surface area contributed by atoms with Crippen molar-refractivity contribution in [2.75, 3.05) is 19.8 Å². The van der Waals surface area contributed by atoms with Crippen molar-refractivity contribution in [3.8, 4) is 0 Å². The van der Waals surface area contributed by atoms with Crippen molar-refractivity contribution in [2.24, 2.45) is 11.7 Å². The smallest absolute Gasteiger partial charge is 0.104 e. The lowest BCUT2D eigenvalue weighted by Gasteiger charge is -2.10. The third-order valence-corrected chi connectivity index (χ3v) is 2.75. The summed E-state index contributed by atoms with van der Waals surface area (Å²) in [5.41, 5.74) is 5.58. The van der Waals surface area contributed by atoms with Crippen molar-refractivity contribution in [1.29, 1.82) is 0 Å². The molecule has 3 atom stereocenters. The van der Waals surface area contributed by atoms with Crippen LogP contribution >= 0.6 is 0 Å². The Kier molecular flexibility index (Phi) is 2.63. The first-order valence-electron chi connectivity index (χ1n) is 4.81. The van der Waals surface area contributed by atoms with Gasteiger partial charge < -0.3 is 15.2 Å². The molecule has 1 heterocycles. The van der Waals surface area contributed by atoms with Gasteiger partial charge in [0.25, 0.3) is 0 Å². The van der Waals surface area contributed by atoms with Crippen molar-refractivity contribution in [3.63, 3.8) is 0 Å². The van der Waals surface area contributed by atoms with Gasteiger partial charge in [-0.2, -0.15) is 0 Å². The summed E-state index contributed by atoms with van der Waals surface area (Å²) < 4.78 is 10.8. The minimum atomic E-state index is 0.405. The number of ether oxygens (including phenoxy) is 2. The van der Waals surface area contributed by atoms with Gasteiger partial charge in [0.1, 0.15) is 6.10 Å². The van der Waals surface area contributed by atoms with E-state index in [0.717, 1.165) is 26.2 Å². The number of hydrogen-bond donors (Lipinski definition) is 1. The third-order valence-electron chi connectivity index (χ3n) is 2.75. The van der Waals surface area contributed by atoms with Crippen molar-refractivity contribution in [2.45, 2.75) is 31.5 Å². The Bertz CT molecular complexity index is 147. The molecule has 3 heteroatoms. The summed E-state index contributed by atoms with van der Waals surface area (Å²) in [6.45, 7) is 2.51. The van der Waals surface area contributed by atoms with E-state index in [4.69, 9.17) is 15.2 Å². The van der Waals surface area contributed by atoms with Gasteiger partial charge in [0.2, 0.25) is 0 Å². The molecule has 2 fully saturated rings. The first kappa shape index (κ1) is 8.48. The Hall–Kier alpha value is -0.120. The van der Waals surface area contributed by atoms with Gasteiger partial charge in [-0.1, -0.05) is 0 Å². The average molecular weight is 171 g/mol. The van der Waals surface area contributed by atoms with Crippen molar-refractivity contribution < 1.29 is 9.47 Å². The molecule has 1 saturated carbocycles. The Morgan fingerprint density at radius 3 is 2.83 bits per heavy atom. The Labute approximate surface area is 73.2 Å². The monoisotopic (exact) mass is 171 g/mol. The van der Waals surface area contributed by atoms with Gasteiger partial charge in [0, 0.05) is 0 Å². The van der Waals surface area contributed by atoms with E-state index in [1.54, 1.807) is 0 Å². The zero-order valence-electron chi connectivity index (χ0n) is 7.37. The zero-order chi connectivity index (χ0) is 8.39. The zero-order valence-corrected chi connectivity index (χ0v) is 7.37. The number of hydrogen-bond acceptors (Lipinski definition) is 3. The minimum Gasteiger partial charge on any atom is -0.375 e. The van der Waals surface area contributed by atoms with Crippen LogP contribution < -0.4 is 5.73 Å². The topological polar surface area (TPSA) is 47.8 Å². The normalized spacial score (nSPS) is 40.2. The molecule has 0 amide bonds. The molecule has 3 nitrogen and oxygen atoms in total. The van der Waals surface area contributed by atoms with E-state index in [1.165, 1.54) is 12.8 Å².